The Bertz CT molecular complexity index is 781. The van der Waals surface area contributed by atoms with E-state index < -0.39 is 5.97 Å². The molecule has 0 aliphatic carbocycles. The topological polar surface area (TPSA) is 58.0 Å². The molecule has 3 rings (SSSR count). The molecule has 0 unspecified atom stereocenters. The number of nitrogens with one attached hydrogen (secondary N) is 1. The number of para-hydroxylation sites is 1. The zero-order valence-electron chi connectivity index (χ0n) is 10.8. The van der Waals surface area contributed by atoms with Crippen LogP contribution in [0.5, 0.6) is 0 Å². The number of aryl methyl sites for hydroxylation is 2. The fraction of sp³-hybridized carbons (Fsp3) is 0.133. The molecule has 2 N–H and O–H groups in total. The molecule has 0 bridgehead atoms. The van der Waals surface area contributed by atoms with Crippen LogP contribution in [0, 0.1) is 6.92 Å². The molecule has 0 atom stereocenters. The van der Waals surface area contributed by atoms with Crippen LogP contribution < -0.4 is 0 Å². The monoisotopic (exact) mass is 254 g/mol. The maximum Gasteiger partial charge on any atom is 0.353 e. The van der Waals surface area contributed by atoms with Crippen LogP contribution in [0.4, 0.5) is 0 Å². The van der Waals surface area contributed by atoms with Crippen molar-refractivity contribution < 1.29 is 9.90 Å². The van der Waals surface area contributed by atoms with Crippen LogP contribution in [0.3, 0.4) is 0 Å². The van der Waals surface area contributed by atoms with Crippen molar-refractivity contribution in [2.75, 3.05) is 0 Å². The summed E-state index contributed by atoms with van der Waals surface area (Å²) < 4.78 is 2.02. The summed E-state index contributed by atoms with van der Waals surface area (Å²) in [5.41, 5.74) is 3.81. The average molecular weight is 254 g/mol. The zero-order chi connectivity index (χ0) is 13.6. The van der Waals surface area contributed by atoms with Gasteiger partial charge in [-0.05, 0) is 25.1 Å². The van der Waals surface area contributed by atoms with Crippen LogP contribution in [-0.4, -0.2) is 20.6 Å². The van der Waals surface area contributed by atoms with Gasteiger partial charge in [0.2, 0.25) is 0 Å². The van der Waals surface area contributed by atoms with E-state index in [1.165, 1.54) is 0 Å². The van der Waals surface area contributed by atoms with Gasteiger partial charge < -0.3 is 14.7 Å². The Morgan fingerprint density at radius 3 is 2.68 bits per heavy atom. The molecule has 0 spiro atoms. The van der Waals surface area contributed by atoms with Gasteiger partial charge in [0.25, 0.3) is 0 Å². The van der Waals surface area contributed by atoms with Crippen molar-refractivity contribution in [1.82, 2.24) is 9.55 Å². The highest BCUT2D eigenvalue weighted by Crippen LogP contribution is 2.30. The average Bonchev–Trinajstić information content (AvgIpc) is 2.91. The zero-order valence-corrected chi connectivity index (χ0v) is 10.8. The van der Waals surface area contributed by atoms with E-state index in [-0.39, 0.29) is 5.69 Å². The standard InChI is InChI=1S/C15H14N2O2/c1-9-7-11(14(16-9)15(18)19)13-8-10-5-3-4-6-12(10)17(13)2/h3-8,16H,1-2H3,(H,18,19). The second-order valence-electron chi connectivity index (χ2n) is 4.69. The summed E-state index contributed by atoms with van der Waals surface area (Å²) in [6.45, 7) is 1.86. The highest BCUT2D eigenvalue weighted by Gasteiger charge is 2.17. The Morgan fingerprint density at radius 1 is 1.26 bits per heavy atom. The van der Waals surface area contributed by atoms with Gasteiger partial charge >= 0.3 is 5.97 Å². The van der Waals surface area contributed by atoms with E-state index >= 15 is 0 Å². The number of rotatable bonds is 2. The molecule has 19 heavy (non-hydrogen) atoms. The Balaban J connectivity index is 2.30. The second-order valence-corrected chi connectivity index (χ2v) is 4.69. The van der Waals surface area contributed by atoms with Crippen LogP contribution in [-0.2, 0) is 7.05 Å². The number of benzene rings is 1. The van der Waals surface area contributed by atoms with Crippen LogP contribution in [0.25, 0.3) is 22.2 Å². The quantitative estimate of drug-likeness (QED) is 0.738. The number of hydrogen-bond donors (Lipinski definition) is 2. The first-order valence-corrected chi connectivity index (χ1v) is 6.05. The molecule has 4 nitrogen and oxygen atoms in total. The van der Waals surface area contributed by atoms with Crippen molar-refractivity contribution in [2.45, 2.75) is 6.92 Å². The molecular weight excluding hydrogens is 240 g/mol. The fourth-order valence-electron chi connectivity index (χ4n) is 2.51. The largest absolute Gasteiger partial charge is 0.477 e. The Morgan fingerprint density at radius 2 is 2.00 bits per heavy atom. The minimum absolute atomic E-state index is 0.239. The minimum atomic E-state index is -0.937. The van der Waals surface area contributed by atoms with E-state index in [0.29, 0.717) is 0 Å². The number of aromatic nitrogens is 2. The molecule has 3 aromatic rings. The Hall–Kier alpha value is -2.49. The molecule has 0 aliphatic heterocycles. The van der Waals surface area contributed by atoms with Crippen molar-refractivity contribution >= 4 is 16.9 Å². The normalized spacial score (nSPS) is 11.1. The first kappa shape index (κ1) is 11.6. The lowest BCUT2D eigenvalue weighted by Gasteiger charge is -2.03. The summed E-state index contributed by atoms with van der Waals surface area (Å²) in [7, 11) is 1.95. The van der Waals surface area contributed by atoms with Gasteiger partial charge in [0.15, 0.2) is 0 Å². The molecule has 0 amide bonds. The summed E-state index contributed by atoms with van der Waals surface area (Å²) in [5.74, 6) is -0.937. The van der Waals surface area contributed by atoms with E-state index in [0.717, 1.165) is 27.9 Å². The first-order chi connectivity index (χ1) is 9.08. The van der Waals surface area contributed by atoms with Gasteiger partial charge in [-0.15, -0.1) is 0 Å². The van der Waals surface area contributed by atoms with Crippen LogP contribution in [0.15, 0.2) is 36.4 Å². The maximum absolute atomic E-state index is 11.3. The third kappa shape index (κ3) is 1.73. The number of aromatic carboxylic acids is 1. The van der Waals surface area contributed by atoms with Gasteiger partial charge in [0, 0.05) is 29.2 Å². The van der Waals surface area contributed by atoms with E-state index in [1.807, 2.05) is 54.9 Å². The Labute approximate surface area is 110 Å². The lowest BCUT2D eigenvalue weighted by atomic mass is 10.1. The van der Waals surface area contributed by atoms with E-state index in [4.69, 9.17) is 0 Å². The first-order valence-electron chi connectivity index (χ1n) is 6.05. The lowest BCUT2D eigenvalue weighted by Crippen LogP contribution is -2.00. The van der Waals surface area contributed by atoms with Crippen molar-refractivity contribution in [3.05, 3.63) is 47.8 Å². The number of aromatic amines is 1. The van der Waals surface area contributed by atoms with Crippen molar-refractivity contribution in [2.24, 2.45) is 7.05 Å². The lowest BCUT2D eigenvalue weighted by molar-refractivity contribution is 0.0692. The van der Waals surface area contributed by atoms with Crippen LogP contribution in [0.2, 0.25) is 0 Å². The molecule has 96 valence electrons. The summed E-state index contributed by atoms with van der Waals surface area (Å²) in [4.78, 5) is 14.2. The Kier molecular flexibility index (Phi) is 2.45. The summed E-state index contributed by atoms with van der Waals surface area (Å²) in [6.07, 6.45) is 0. The third-order valence-electron chi connectivity index (χ3n) is 3.39. The number of H-pyrrole nitrogens is 1. The van der Waals surface area contributed by atoms with Gasteiger partial charge in [-0.3, -0.25) is 0 Å². The van der Waals surface area contributed by atoms with Gasteiger partial charge in [-0.25, -0.2) is 4.79 Å². The predicted molar refractivity (Wildman–Crippen MR) is 74.4 cm³/mol. The fourth-order valence-corrected chi connectivity index (χ4v) is 2.51. The number of fused-ring (bicyclic) bond motifs is 1. The molecule has 4 heteroatoms. The molecule has 0 saturated carbocycles. The number of nitrogens with zero attached hydrogens (tertiary/aromatic N) is 1. The maximum atomic E-state index is 11.3. The number of carboxylic acid groups (broad SMARTS) is 1. The molecule has 0 fully saturated rings. The van der Waals surface area contributed by atoms with Gasteiger partial charge in [0.05, 0.1) is 5.69 Å². The minimum Gasteiger partial charge on any atom is -0.477 e. The van der Waals surface area contributed by atoms with E-state index in [1.54, 1.807) is 0 Å². The highest BCUT2D eigenvalue weighted by atomic mass is 16.4. The number of carbonyl (C=O) groups is 1. The molecule has 2 aromatic heterocycles. The molecule has 1 aromatic carbocycles. The SMILES string of the molecule is Cc1cc(-c2cc3ccccc3n2C)c(C(=O)O)[nH]1. The highest BCUT2D eigenvalue weighted by molar-refractivity contribution is 5.96. The van der Waals surface area contributed by atoms with Gasteiger partial charge in [-0.1, -0.05) is 18.2 Å². The van der Waals surface area contributed by atoms with Crippen LogP contribution in [0.1, 0.15) is 16.2 Å². The van der Waals surface area contributed by atoms with E-state index in [2.05, 4.69) is 4.98 Å². The predicted octanol–water partition coefficient (Wildman–Crippen LogP) is 3.18. The summed E-state index contributed by atoms with van der Waals surface area (Å²) in [5, 5.41) is 10.4. The van der Waals surface area contributed by atoms with Gasteiger partial charge in [0.1, 0.15) is 5.69 Å². The summed E-state index contributed by atoms with van der Waals surface area (Å²) >= 11 is 0. The molecule has 0 aliphatic rings. The second kappa shape index (κ2) is 4.02. The molecular formula is C15H14N2O2. The smallest absolute Gasteiger partial charge is 0.353 e. The molecule has 2 heterocycles. The number of carboxylic acids is 1. The van der Waals surface area contributed by atoms with Crippen molar-refractivity contribution in [3.8, 4) is 11.3 Å². The molecule has 0 saturated heterocycles. The molecule has 0 radical (unpaired) electrons. The third-order valence-corrected chi connectivity index (χ3v) is 3.39. The van der Waals surface area contributed by atoms with Crippen molar-refractivity contribution in [3.63, 3.8) is 0 Å². The van der Waals surface area contributed by atoms with Gasteiger partial charge in [-0.2, -0.15) is 0 Å². The van der Waals surface area contributed by atoms with Crippen molar-refractivity contribution in [1.29, 1.82) is 0 Å². The van der Waals surface area contributed by atoms with E-state index in [9.17, 15) is 9.90 Å². The number of hydrogen-bond acceptors (Lipinski definition) is 1. The summed E-state index contributed by atoms with van der Waals surface area (Å²) in [6, 6.07) is 11.9. The van der Waals surface area contributed by atoms with Crippen LogP contribution >= 0.6 is 0 Å².